The fraction of sp³-hybridized carbons (Fsp3) is 0.207. The van der Waals surface area contributed by atoms with Crippen LogP contribution in [0.15, 0.2) is 73.1 Å². The Morgan fingerprint density at radius 3 is 2.29 bits per heavy atom. The molecule has 194 valence electrons. The number of nitrogens with zero attached hydrogens (tertiary/aromatic N) is 1. The molecular weight excluding hydrogens is 487 g/mol. The smallest absolute Gasteiger partial charge is 0.251 e. The number of ketones is 1. The number of halogens is 1. The zero-order chi connectivity index (χ0) is 26.7. The number of carbonyl (C=O) groups is 2. The first-order valence-corrected chi connectivity index (χ1v) is 12.2. The summed E-state index contributed by atoms with van der Waals surface area (Å²) < 4.78 is 19.6. The second-order valence-electron chi connectivity index (χ2n) is 9.23. The molecule has 5 rings (SSSR count). The van der Waals surface area contributed by atoms with E-state index in [9.17, 15) is 19.1 Å². The van der Waals surface area contributed by atoms with Crippen LogP contribution in [0.3, 0.4) is 0 Å². The third kappa shape index (κ3) is 4.76. The van der Waals surface area contributed by atoms with Crippen LogP contribution in [0.25, 0.3) is 11.1 Å². The van der Waals surface area contributed by atoms with Crippen LogP contribution in [0.1, 0.15) is 44.7 Å². The molecule has 1 fully saturated rings. The van der Waals surface area contributed by atoms with Crippen LogP contribution in [-0.2, 0) is 5.54 Å². The lowest BCUT2D eigenvalue weighted by molar-refractivity contribution is 0.0871. The van der Waals surface area contributed by atoms with Gasteiger partial charge in [0.15, 0.2) is 17.3 Å². The number of phenolic OH excluding ortho intramolecular Hbond substituents is 1. The lowest BCUT2D eigenvalue weighted by Crippen LogP contribution is -2.52. The molecule has 0 atom stereocenters. The molecular formula is C29H27FN4O4. The molecule has 0 saturated carbocycles. The van der Waals surface area contributed by atoms with E-state index in [1.165, 1.54) is 43.5 Å². The first kappa shape index (κ1) is 25.2. The zero-order valence-electron chi connectivity index (χ0n) is 20.8. The van der Waals surface area contributed by atoms with Crippen molar-refractivity contribution in [3.8, 4) is 22.6 Å². The van der Waals surface area contributed by atoms with E-state index in [-0.39, 0.29) is 17.2 Å². The Bertz CT molecular complexity index is 1450. The maximum atomic E-state index is 14.7. The number of carbonyl (C=O) groups excluding carboxylic acids is 2. The van der Waals surface area contributed by atoms with Crippen LogP contribution < -0.4 is 15.4 Å². The number of aromatic amines is 1. The number of phenols is 1. The quantitative estimate of drug-likeness (QED) is 0.275. The summed E-state index contributed by atoms with van der Waals surface area (Å²) in [5.74, 6) is -2.56. The van der Waals surface area contributed by atoms with Gasteiger partial charge in [-0.1, -0.05) is 36.4 Å². The SMILES string of the molecule is COc1ccc(O)c(C(=O)c2ccc(C(=O)NC3(c4ccc(-c5cn[nH]c5)cc4)CCNCC3)cc2)c1F. The average molecular weight is 515 g/mol. The third-order valence-electron chi connectivity index (χ3n) is 7.02. The van der Waals surface area contributed by atoms with Crippen molar-refractivity contribution in [3.63, 3.8) is 0 Å². The highest BCUT2D eigenvalue weighted by Gasteiger charge is 2.35. The van der Waals surface area contributed by atoms with E-state index >= 15 is 0 Å². The molecule has 4 N–H and O–H groups in total. The Labute approximate surface area is 218 Å². The van der Waals surface area contributed by atoms with Crippen molar-refractivity contribution >= 4 is 11.7 Å². The van der Waals surface area contributed by atoms with Crippen molar-refractivity contribution in [2.45, 2.75) is 18.4 Å². The Kier molecular flexibility index (Phi) is 6.93. The number of nitrogens with one attached hydrogen (secondary N) is 3. The van der Waals surface area contributed by atoms with Crippen LogP contribution >= 0.6 is 0 Å². The molecule has 1 aromatic heterocycles. The molecule has 8 nitrogen and oxygen atoms in total. The second-order valence-corrected chi connectivity index (χ2v) is 9.23. The third-order valence-corrected chi connectivity index (χ3v) is 7.02. The number of aromatic hydroxyl groups is 1. The molecule has 4 aromatic rings. The Morgan fingerprint density at radius 2 is 1.66 bits per heavy atom. The molecule has 3 aromatic carbocycles. The number of rotatable bonds is 7. The molecule has 0 unspecified atom stereocenters. The fourth-order valence-corrected chi connectivity index (χ4v) is 4.86. The van der Waals surface area contributed by atoms with Gasteiger partial charge in [0.2, 0.25) is 0 Å². The highest BCUT2D eigenvalue weighted by Crippen LogP contribution is 2.33. The van der Waals surface area contributed by atoms with Crippen molar-refractivity contribution in [2.24, 2.45) is 0 Å². The normalized spacial score (nSPS) is 14.6. The summed E-state index contributed by atoms with van der Waals surface area (Å²) in [6, 6.07) is 16.5. The predicted octanol–water partition coefficient (Wildman–Crippen LogP) is 4.17. The number of piperidine rings is 1. The zero-order valence-corrected chi connectivity index (χ0v) is 20.8. The molecule has 0 aliphatic carbocycles. The van der Waals surface area contributed by atoms with Gasteiger partial charge in [-0.15, -0.1) is 0 Å². The van der Waals surface area contributed by atoms with Gasteiger partial charge < -0.3 is 20.5 Å². The summed E-state index contributed by atoms with van der Waals surface area (Å²) in [5.41, 5.74) is 2.49. The molecule has 1 aliphatic rings. The molecule has 2 heterocycles. The standard InChI is InChI=1S/C29H27FN4O4/c1-38-24-11-10-23(35)25(26(24)30)27(36)19-2-4-20(5-3-19)28(37)34-29(12-14-31-15-13-29)22-8-6-18(7-9-22)21-16-32-33-17-21/h2-11,16-17,31,35H,12-15H2,1H3,(H,32,33)(H,34,37). The van der Waals surface area contributed by atoms with Crippen LogP contribution in [0, 0.1) is 5.82 Å². The molecule has 1 amide bonds. The molecule has 0 radical (unpaired) electrons. The van der Waals surface area contributed by atoms with Gasteiger partial charge >= 0.3 is 0 Å². The van der Waals surface area contributed by atoms with E-state index in [0.29, 0.717) is 5.56 Å². The summed E-state index contributed by atoms with van der Waals surface area (Å²) in [6.07, 6.45) is 5.02. The molecule has 38 heavy (non-hydrogen) atoms. The summed E-state index contributed by atoms with van der Waals surface area (Å²) in [7, 11) is 1.28. The molecule has 0 bridgehead atoms. The van der Waals surface area contributed by atoms with E-state index in [0.717, 1.165) is 42.6 Å². The van der Waals surface area contributed by atoms with E-state index < -0.39 is 28.5 Å². The van der Waals surface area contributed by atoms with Crippen LogP contribution in [0.5, 0.6) is 11.5 Å². The van der Waals surface area contributed by atoms with Crippen molar-refractivity contribution in [1.29, 1.82) is 0 Å². The Balaban J connectivity index is 1.37. The first-order valence-electron chi connectivity index (χ1n) is 12.2. The Hall–Kier alpha value is -4.50. The molecule has 1 saturated heterocycles. The van der Waals surface area contributed by atoms with E-state index in [1.54, 1.807) is 6.20 Å². The topological polar surface area (TPSA) is 116 Å². The summed E-state index contributed by atoms with van der Waals surface area (Å²) in [6.45, 7) is 1.51. The van der Waals surface area contributed by atoms with Crippen molar-refractivity contribution < 1.29 is 23.8 Å². The number of methoxy groups -OCH3 is 1. The van der Waals surface area contributed by atoms with Gasteiger partial charge in [0.1, 0.15) is 11.3 Å². The van der Waals surface area contributed by atoms with Gasteiger partial charge in [-0.2, -0.15) is 5.10 Å². The van der Waals surface area contributed by atoms with Crippen molar-refractivity contribution in [3.05, 3.63) is 101 Å². The minimum atomic E-state index is -0.939. The number of ether oxygens (including phenoxy) is 1. The summed E-state index contributed by atoms with van der Waals surface area (Å²) in [4.78, 5) is 26.3. The Morgan fingerprint density at radius 1 is 0.974 bits per heavy atom. The highest BCUT2D eigenvalue weighted by atomic mass is 19.1. The average Bonchev–Trinajstić information content (AvgIpc) is 3.49. The predicted molar refractivity (Wildman–Crippen MR) is 140 cm³/mol. The van der Waals surface area contributed by atoms with E-state index in [2.05, 4.69) is 20.8 Å². The number of benzene rings is 3. The van der Waals surface area contributed by atoms with Gasteiger partial charge in [-0.25, -0.2) is 4.39 Å². The molecule has 1 aliphatic heterocycles. The lowest BCUT2D eigenvalue weighted by Gasteiger charge is -2.39. The first-order chi connectivity index (χ1) is 18.4. The van der Waals surface area contributed by atoms with Crippen LogP contribution in [0.2, 0.25) is 0 Å². The molecule has 9 heteroatoms. The molecule has 0 spiro atoms. The highest BCUT2D eigenvalue weighted by molar-refractivity contribution is 6.11. The summed E-state index contributed by atoms with van der Waals surface area (Å²) in [5, 5.41) is 23.5. The van der Waals surface area contributed by atoms with Gasteiger partial charge in [0.25, 0.3) is 5.91 Å². The van der Waals surface area contributed by atoms with Gasteiger partial charge in [-0.05, 0) is 61.3 Å². The summed E-state index contributed by atoms with van der Waals surface area (Å²) >= 11 is 0. The minimum absolute atomic E-state index is 0.135. The number of aromatic nitrogens is 2. The van der Waals surface area contributed by atoms with Gasteiger partial charge in [0.05, 0.1) is 18.8 Å². The number of hydrogen-bond donors (Lipinski definition) is 4. The maximum absolute atomic E-state index is 14.7. The van der Waals surface area contributed by atoms with Gasteiger partial charge in [-0.3, -0.25) is 14.7 Å². The number of H-pyrrole nitrogens is 1. The van der Waals surface area contributed by atoms with Gasteiger partial charge in [0, 0.05) is 22.9 Å². The van der Waals surface area contributed by atoms with E-state index in [1.807, 2.05) is 30.5 Å². The lowest BCUT2D eigenvalue weighted by atomic mass is 9.80. The fourth-order valence-electron chi connectivity index (χ4n) is 4.86. The number of hydrogen-bond acceptors (Lipinski definition) is 6. The van der Waals surface area contributed by atoms with Crippen molar-refractivity contribution in [1.82, 2.24) is 20.8 Å². The minimum Gasteiger partial charge on any atom is -0.507 e. The van der Waals surface area contributed by atoms with Crippen LogP contribution in [-0.4, -0.2) is 47.2 Å². The van der Waals surface area contributed by atoms with Crippen molar-refractivity contribution in [2.75, 3.05) is 20.2 Å². The number of amides is 1. The van der Waals surface area contributed by atoms with Crippen LogP contribution in [0.4, 0.5) is 4.39 Å². The maximum Gasteiger partial charge on any atom is 0.251 e. The largest absolute Gasteiger partial charge is 0.507 e. The van der Waals surface area contributed by atoms with E-state index in [4.69, 9.17) is 4.74 Å². The second kappa shape index (κ2) is 10.5. The monoisotopic (exact) mass is 514 g/mol.